The molecule has 0 saturated heterocycles. The molecule has 14 heteroatoms. The number of methoxy groups -OCH3 is 1. The highest BCUT2D eigenvalue weighted by Crippen LogP contribution is 2.34. The van der Waals surface area contributed by atoms with Crippen LogP contribution >= 0.6 is 0 Å². The lowest BCUT2D eigenvalue weighted by Gasteiger charge is -2.12. The number of nitro groups is 1. The Balaban J connectivity index is 2.08. The highest BCUT2D eigenvalue weighted by Gasteiger charge is 2.19. The van der Waals surface area contributed by atoms with Gasteiger partial charge in [-0.2, -0.15) is 0 Å². The van der Waals surface area contributed by atoms with E-state index in [-0.39, 0.29) is 74.0 Å². The average molecular weight is 558 g/mol. The number of esters is 1. The lowest BCUT2D eigenvalue weighted by Crippen LogP contribution is -2.35. The fourth-order valence-electron chi connectivity index (χ4n) is 3.26. The SMILES string of the molecule is CCOC(=O)CCCCCOCCOC(=O)NCCNC(=O)CCCOc1cc([N+](=O)[O-])c(CO)cc1OC. The molecule has 0 bridgehead atoms. The molecule has 1 aromatic carbocycles. The van der Waals surface area contributed by atoms with Gasteiger partial charge in [0.05, 0.1) is 50.1 Å². The zero-order valence-electron chi connectivity index (χ0n) is 22.5. The summed E-state index contributed by atoms with van der Waals surface area (Å²) in [5.74, 6) is -0.0665. The molecule has 0 atom stereocenters. The first kappa shape index (κ1) is 33.4. The minimum absolute atomic E-state index is 0.0949. The van der Waals surface area contributed by atoms with Gasteiger partial charge in [-0.1, -0.05) is 6.42 Å². The number of aliphatic hydroxyl groups is 1. The maximum atomic E-state index is 12.0. The Kier molecular flexibility index (Phi) is 17.4. The van der Waals surface area contributed by atoms with E-state index in [1.54, 1.807) is 6.92 Å². The Morgan fingerprint density at radius 3 is 2.38 bits per heavy atom. The molecular formula is C25H39N3O11. The minimum atomic E-state index is -0.622. The topological polar surface area (TPSA) is 185 Å². The monoisotopic (exact) mass is 557 g/mol. The predicted octanol–water partition coefficient (Wildman–Crippen LogP) is 2.24. The van der Waals surface area contributed by atoms with Gasteiger partial charge in [0.1, 0.15) is 6.61 Å². The van der Waals surface area contributed by atoms with Crippen LogP contribution in [-0.4, -0.2) is 81.2 Å². The Morgan fingerprint density at radius 2 is 1.69 bits per heavy atom. The Labute approximate surface area is 227 Å². The molecule has 1 aromatic rings. The van der Waals surface area contributed by atoms with Crippen molar-refractivity contribution in [2.75, 3.05) is 53.2 Å². The van der Waals surface area contributed by atoms with Gasteiger partial charge in [-0.25, -0.2) is 4.79 Å². The van der Waals surface area contributed by atoms with Crippen LogP contribution in [0.4, 0.5) is 10.5 Å². The van der Waals surface area contributed by atoms with Gasteiger partial charge in [-0.3, -0.25) is 19.7 Å². The first-order valence-electron chi connectivity index (χ1n) is 12.8. The van der Waals surface area contributed by atoms with Crippen molar-refractivity contribution >= 4 is 23.7 Å². The van der Waals surface area contributed by atoms with E-state index in [9.17, 15) is 29.6 Å². The lowest BCUT2D eigenvalue weighted by atomic mass is 10.1. The van der Waals surface area contributed by atoms with Gasteiger partial charge in [0.2, 0.25) is 5.91 Å². The predicted molar refractivity (Wildman–Crippen MR) is 139 cm³/mol. The molecule has 0 spiro atoms. The molecule has 0 aliphatic rings. The number of rotatable bonds is 21. The van der Waals surface area contributed by atoms with Crippen LogP contribution in [-0.2, 0) is 30.4 Å². The van der Waals surface area contributed by atoms with E-state index in [0.29, 0.717) is 26.1 Å². The lowest BCUT2D eigenvalue weighted by molar-refractivity contribution is -0.385. The van der Waals surface area contributed by atoms with E-state index in [0.717, 1.165) is 19.3 Å². The molecule has 0 radical (unpaired) electrons. The number of carbonyl (C=O) groups is 3. The molecule has 1 rings (SSSR count). The third kappa shape index (κ3) is 14.8. The van der Waals surface area contributed by atoms with Crippen molar-refractivity contribution < 1.29 is 48.1 Å². The molecule has 0 unspecified atom stereocenters. The summed E-state index contributed by atoms with van der Waals surface area (Å²) in [5, 5.41) is 25.6. The largest absolute Gasteiger partial charge is 0.493 e. The number of nitrogens with one attached hydrogen (secondary N) is 2. The van der Waals surface area contributed by atoms with Gasteiger partial charge in [0.15, 0.2) is 11.5 Å². The molecule has 0 aliphatic carbocycles. The number of nitrogens with zero attached hydrogens (tertiary/aromatic N) is 1. The fourth-order valence-corrected chi connectivity index (χ4v) is 3.26. The first-order chi connectivity index (χ1) is 18.8. The van der Waals surface area contributed by atoms with E-state index in [1.165, 1.54) is 19.2 Å². The summed E-state index contributed by atoms with van der Waals surface area (Å²) in [5.41, 5.74) is -0.186. The average Bonchev–Trinajstić information content (AvgIpc) is 2.92. The van der Waals surface area contributed by atoms with Crippen molar-refractivity contribution in [3.8, 4) is 11.5 Å². The maximum absolute atomic E-state index is 12.0. The number of alkyl carbamates (subject to hydrolysis) is 1. The quantitative estimate of drug-likeness (QED) is 0.0871. The van der Waals surface area contributed by atoms with E-state index < -0.39 is 17.6 Å². The van der Waals surface area contributed by atoms with Crippen LogP contribution in [0.1, 0.15) is 51.0 Å². The van der Waals surface area contributed by atoms with E-state index >= 15 is 0 Å². The van der Waals surface area contributed by atoms with Crippen LogP contribution in [0.2, 0.25) is 0 Å². The molecule has 39 heavy (non-hydrogen) atoms. The van der Waals surface area contributed by atoms with Crippen molar-refractivity contribution in [2.24, 2.45) is 0 Å². The van der Waals surface area contributed by atoms with Gasteiger partial charge in [0, 0.05) is 32.5 Å². The second-order valence-electron chi connectivity index (χ2n) is 8.14. The fraction of sp³-hybridized carbons (Fsp3) is 0.640. The third-order valence-electron chi connectivity index (χ3n) is 5.19. The molecule has 0 fully saturated rings. The zero-order chi connectivity index (χ0) is 28.9. The first-order valence-corrected chi connectivity index (χ1v) is 12.8. The molecule has 14 nitrogen and oxygen atoms in total. The number of carbonyl (C=O) groups excluding carboxylic acids is 3. The number of hydrogen-bond acceptors (Lipinski definition) is 11. The summed E-state index contributed by atoms with van der Waals surface area (Å²) in [6.45, 7) is 3.00. The number of nitro benzene ring substituents is 1. The number of ether oxygens (including phenoxy) is 5. The smallest absolute Gasteiger partial charge is 0.407 e. The number of hydrogen-bond donors (Lipinski definition) is 3. The summed E-state index contributed by atoms with van der Waals surface area (Å²) in [6, 6.07) is 2.52. The summed E-state index contributed by atoms with van der Waals surface area (Å²) in [4.78, 5) is 45.4. The van der Waals surface area contributed by atoms with Crippen molar-refractivity contribution in [2.45, 2.75) is 52.1 Å². The van der Waals surface area contributed by atoms with Gasteiger partial charge >= 0.3 is 12.1 Å². The molecule has 3 N–H and O–H groups in total. The molecule has 2 amide bonds. The van der Waals surface area contributed by atoms with Crippen molar-refractivity contribution in [1.82, 2.24) is 10.6 Å². The van der Waals surface area contributed by atoms with E-state index in [2.05, 4.69) is 10.6 Å². The van der Waals surface area contributed by atoms with Crippen LogP contribution < -0.4 is 20.1 Å². The zero-order valence-corrected chi connectivity index (χ0v) is 22.5. The number of unbranched alkanes of at least 4 members (excludes halogenated alkanes) is 2. The number of benzene rings is 1. The molecule has 0 heterocycles. The van der Waals surface area contributed by atoms with Gasteiger partial charge < -0.3 is 39.4 Å². The second-order valence-corrected chi connectivity index (χ2v) is 8.14. The van der Waals surface area contributed by atoms with Gasteiger partial charge in [0.25, 0.3) is 5.69 Å². The summed E-state index contributed by atoms with van der Waals surface area (Å²) < 4.78 is 25.9. The van der Waals surface area contributed by atoms with Crippen LogP contribution in [0.25, 0.3) is 0 Å². The Hall–Kier alpha value is -3.65. The Morgan fingerprint density at radius 1 is 0.923 bits per heavy atom. The molecule has 220 valence electrons. The third-order valence-corrected chi connectivity index (χ3v) is 5.19. The number of aliphatic hydroxyl groups excluding tert-OH is 1. The van der Waals surface area contributed by atoms with E-state index in [1.807, 2.05) is 0 Å². The van der Waals surface area contributed by atoms with Crippen LogP contribution in [0, 0.1) is 10.1 Å². The Bertz CT molecular complexity index is 911. The van der Waals surface area contributed by atoms with Crippen molar-refractivity contribution in [3.63, 3.8) is 0 Å². The molecule has 0 saturated carbocycles. The van der Waals surface area contributed by atoms with Crippen LogP contribution in [0.15, 0.2) is 12.1 Å². The van der Waals surface area contributed by atoms with Crippen molar-refractivity contribution in [1.29, 1.82) is 0 Å². The van der Waals surface area contributed by atoms with Crippen LogP contribution in [0.5, 0.6) is 11.5 Å². The van der Waals surface area contributed by atoms with E-state index in [4.69, 9.17) is 23.7 Å². The second kappa shape index (κ2) is 20.3. The highest BCUT2D eigenvalue weighted by atomic mass is 16.6. The summed E-state index contributed by atoms with van der Waals surface area (Å²) in [6.07, 6.45) is 2.65. The van der Waals surface area contributed by atoms with Gasteiger partial charge in [-0.05, 0) is 32.3 Å². The highest BCUT2D eigenvalue weighted by molar-refractivity contribution is 5.76. The maximum Gasteiger partial charge on any atom is 0.407 e. The van der Waals surface area contributed by atoms with Crippen LogP contribution in [0.3, 0.4) is 0 Å². The number of amides is 2. The standard InChI is InChI=1S/C25H39N3O11/c1-3-37-24(31)9-5-4-6-12-36-14-15-39-25(32)27-11-10-26-23(30)8-7-13-38-22-17-20(28(33)34)19(18-29)16-21(22)35-2/h16-17,29H,3-15,18H2,1-2H3,(H,26,30)(H,27,32). The molecule has 0 aliphatic heterocycles. The summed E-state index contributed by atoms with van der Waals surface area (Å²) >= 11 is 0. The summed E-state index contributed by atoms with van der Waals surface area (Å²) in [7, 11) is 1.38. The molecule has 0 aromatic heterocycles. The normalized spacial score (nSPS) is 10.4. The minimum Gasteiger partial charge on any atom is -0.493 e. The van der Waals surface area contributed by atoms with Gasteiger partial charge in [-0.15, -0.1) is 0 Å². The molecular weight excluding hydrogens is 518 g/mol. The van der Waals surface area contributed by atoms with Crippen molar-refractivity contribution in [3.05, 3.63) is 27.8 Å².